The summed E-state index contributed by atoms with van der Waals surface area (Å²) in [6.45, 7) is 1.28. The highest BCUT2D eigenvalue weighted by Gasteiger charge is 2.28. The van der Waals surface area contributed by atoms with Crippen molar-refractivity contribution in [2.24, 2.45) is 11.7 Å². The zero-order valence-electron chi connectivity index (χ0n) is 11.5. The van der Waals surface area contributed by atoms with Crippen molar-refractivity contribution in [3.8, 4) is 0 Å². The second-order valence-corrected chi connectivity index (χ2v) is 7.89. The van der Waals surface area contributed by atoms with E-state index in [0.29, 0.717) is 18.1 Å². The first-order chi connectivity index (χ1) is 9.56. The predicted molar refractivity (Wildman–Crippen MR) is 77.4 cm³/mol. The van der Waals surface area contributed by atoms with Gasteiger partial charge in [-0.1, -0.05) is 6.07 Å². The molecule has 1 heterocycles. The number of rotatable bonds is 4. The fourth-order valence-electron chi connectivity index (χ4n) is 3.12. The van der Waals surface area contributed by atoms with E-state index in [0.717, 1.165) is 25.7 Å². The van der Waals surface area contributed by atoms with E-state index in [-0.39, 0.29) is 17.7 Å². The van der Waals surface area contributed by atoms with Crippen molar-refractivity contribution in [3.05, 3.63) is 29.3 Å². The van der Waals surface area contributed by atoms with Gasteiger partial charge in [-0.05, 0) is 48.9 Å². The van der Waals surface area contributed by atoms with Gasteiger partial charge in [-0.15, -0.1) is 0 Å². The highest BCUT2D eigenvalue weighted by atomic mass is 32.2. The molecule has 0 amide bonds. The van der Waals surface area contributed by atoms with Crippen molar-refractivity contribution >= 4 is 9.84 Å². The van der Waals surface area contributed by atoms with E-state index < -0.39 is 9.84 Å². The van der Waals surface area contributed by atoms with Crippen molar-refractivity contribution in [2.45, 2.75) is 36.6 Å². The van der Waals surface area contributed by atoms with Crippen LogP contribution in [0.3, 0.4) is 0 Å². The maximum absolute atomic E-state index is 12.5. The van der Waals surface area contributed by atoms with E-state index in [1.807, 2.05) is 12.1 Å². The quantitative estimate of drug-likeness (QED) is 0.909. The Kier molecular flexibility index (Phi) is 3.84. The molecule has 2 atom stereocenters. The fraction of sp³-hybridized carbons (Fsp3) is 0.600. The minimum atomic E-state index is -3.30. The molecule has 1 saturated heterocycles. The van der Waals surface area contributed by atoms with E-state index in [2.05, 4.69) is 0 Å². The number of benzene rings is 1. The van der Waals surface area contributed by atoms with Crippen LogP contribution in [0, 0.1) is 5.92 Å². The number of fused-ring (bicyclic) bond motifs is 1. The average molecular weight is 295 g/mol. The molecule has 1 aliphatic carbocycles. The number of ether oxygens (including phenoxy) is 1. The van der Waals surface area contributed by atoms with Crippen molar-refractivity contribution in [2.75, 3.05) is 19.0 Å². The average Bonchev–Trinajstić information content (AvgIpc) is 3.08. The van der Waals surface area contributed by atoms with Crippen LogP contribution >= 0.6 is 0 Å². The minimum absolute atomic E-state index is 0.0137. The van der Waals surface area contributed by atoms with Gasteiger partial charge in [-0.25, -0.2) is 8.42 Å². The highest BCUT2D eigenvalue weighted by molar-refractivity contribution is 7.91. The molecule has 5 heteroatoms. The topological polar surface area (TPSA) is 69.4 Å². The van der Waals surface area contributed by atoms with Crippen LogP contribution in [0.2, 0.25) is 0 Å². The molecular weight excluding hydrogens is 274 g/mol. The fourth-order valence-corrected chi connectivity index (χ4v) is 4.69. The number of nitrogens with two attached hydrogens (primary N) is 1. The molecule has 1 aliphatic heterocycles. The maximum Gasteiger partial charge on any atom is 0.179 e. The summed E-state index contributed by atoms with van der Waals surface area (Å²) in [5, 5.41) is 0. The summed E-state index contributed by atoms with van der Waals surface area (Å²) >= 11 is 0. The largest absolute Gasteiger partial charge is 0.381 e. The van der Waals surface area contributed by atoms with Gasteiger partial charge < -0.3 is 10.5 Å². The summed E-state index contributed by atoms with van der Waals surface area (Å²) in [5.74, 6) is 0.180. The second-order valence-electron chi connectivity index (χ2n) is 5.85. The Hall–Kier alpha value is -0.910. The van der Waals surface area contributed by atoms with Crippen LogP contribution in [0.15, 0.2) is 23.1 Å². The normalized spacial score (nSPS) is 23.8. The molecule has 110 valence electrons. The number of hydrogen-bond acceptors (Lipinski definition) is 4. The SMILES string of the molecule is NC(CS(=O)(=O)c1ccc2c(c1)CCC2)C1CCOC1. The third kappa shape index (κ3) is 2.75. The Labute approximate surface area is 120 Å². The summed E-state index contributed by atoms with van der Waals surface area (Å²) in [7, 11) is -3.30. The van der Waals surface area contributed by atoms with Gasteiger partial charge in [0.25, 0.3) is 0 Å². The van der Waals surface area contributed by atoms with Gasteiger partial charge in [0.05, 0.1) is 17.3 Å². The third-order valence-electron chi connectivity index (χ3n) is 4.41. The van der Waals surface area contributed by atoms with Crippen molar-refractivity contribution < 1.29 is 13.2 Å². The number of aryl methyl sites for hydroxylation is 2. The van der Waals surface area contributed by atoms with Crippen LogP contribution in [-0.2, 0) is 27.4 Å². The van der Waals surface area contributed by atoms with Crippen LogP contribution in [0.4, 0.5) is 0 Å². The molecule has 0 bridgehead atoms. The van der Waals surface area contributed by atoms with Gasteiger partial charge in [-0.3, -0.25) is 0 Å². The van der Waals surface area contributed by atoms with Crippen LogP contribution in [0.5, 0.6) is 0 Å². The molecule has 0 saturated carbocycles. The van der Waals surface area contributed by atoms with Gasteiger partial charge in [0.15, 0.2) is 9.84 Å². The Morgan fingerprint density at radius 1 is 1.30 bits per heavy atom. The molecule has 0 radical (unpaired) electrons. The van der Waals surface area contributed by atoms with Gasteiger partial charge in [0.1, 0.15) is 0 Å². The Morgan fingerprint density at radius 3 is 2.85 bits per heavy atom. The summed E-state index contributed by atoms with van der Waals surface area (Å²) in [4.78, 5) is 0.424. The molecule has 0 spiro atoms. The number of sulfone groups is 1. The molecular formula is C15H21NO3S. The van der Waals surface area contributed by atoms with Crippen LogP contribution in [0.25, 0.3) is 0 Å². The molecule has 2 aliphatic rings. The van der Waals surface area contributed by atoms with E-state index in [1.165, 1.54) is 11.1 Å². The summed E-state index contributed by atoms with van der Waals surface area (Å²) in [6.07, 6.45) is 4.04. The van der Waals surface area contributed by atoms with E-state index in [9.17, 15) is 8.42 Å². The van der Waals surface area contributed by atoms with Crippen molar-refractivity contribution in [1.82, 2.24) is 0 Å². The highest BCUT2D eigenvalue weighted by Crippen LogP contribution is 2.26. The molecule has 1 aromatic carbocycles. The Morgan fingerprint density at radius 2 is 2.10 bits per heavy atom. The lowest BCUT2D eigenvalue weighted by molar-refractivity contribution is 0.182. The van der Waals surface area contributed by atoms with Gasteiger partial charge in [0, 0.05) is 18.6 Å². The van der Waals surface area contributed by atoms with Gasteiger partial charge in [-0.2, -0.15) is 0 Å². The maximum atomic E-state index is 12.5. The molecule has 3 rings (SSSR count). The van der Waals surface area contributed by atoms with Crippen molar-refractivity contribution in [3.63, 3.8) is 0 Å². The molecule has 1 aromatic rings. The molecule has 2 N–H and O–H groups in total. The standard InChI is InChI=1S/C15H21NO3S/c16-15(13-6-7-19-9-13)10-20(17,18)14-5-4-11-2-1-3-12(11)8-14/h4-5,8,13,15H,1-3,6-7,9-10,16H2. The lowest BCUT2D eigenvalue weighted by Crippen LogP contribution is -2.37. The monoisotopic (exact) mass is 295 g/mol. The smallest absolute Gasteiger partial charge is 0.179 e. The summed E-state index contributed by atoms with van der Waals surface area (Å²) in [6, 6.07) is 5.20. The predicted octanol–water partition coefficient (Wildman–Crippen LogP) is 1.31. The Balaban J connectivity index is 1.77. The van der Waals surface area contributed by atoms with E-state index in [4.69, 9.17) is 10.5 Å². The minimum Gasteiger partial charge on any atom is -0.381 e. The lowest BCUT2D eigenvalue weighted by atomic mass is 10.0. The van der Waals surface area contributed by atoms with Crippen LogP contribution in [-0.4, -0.2) is 33.4 Å². The first-order valence-electron chi connectivity index (χ1n) is 7.24. The zero-order valence-corrected chi connectivity index (χ0v) is 12.4. The van der Waals surface area contributed by atoms with Gasteiger partial charge in [0.2, 0.25) is 0 Å². The van der Waals surface area contributed by atoms with E-state index in [1.54, 1.807) is 6.07 Å². The molecule has 4 nitrogen and oxygen atoms in total. The third-order valence-corrected chi connectivity index (χ3v) is 6.21. The number of hydrogen-bond donors (Lipinski definition) is 1. The van der Waals surface area contributed by atoms with E-state index >= 15 is 0 Å². The second kappa shape index (κ2) is 5.47. The Bertz CT molecular complexity index is 591. The molecule has 20 heavy (non-hydrogen) atoms. The lowest BCUT2D eigenvalue weighted by Gasteiger charge is -2.17. The van der Waals surface area contributed by atoms with Crippen LogP contribution < -0.4 is 5.73 Å². The first-order valence-corrected chi connectivity index (χ1v) is 8.89. The first kappa shape index (κ1) is 14.0. The molecule has 1 fully saturated rings. The van der Waals surface area contributed by atoms with Crippen molar-refractivity contribution in [1.29, 1.82) is 0 Å². The molecule has 2 unspecified atom stereocenters. The zero-order chi connectivity index (χ0) is 14.2. The summed E-state index contributed by atoms with van der Waals surface area (Å²) < 4.78 is 30.2. The van der Waals surface area contributed by atoms with Gasteiger partial charge >= 0.3 is 0 Å². The van der Waals surface area contributed by atoms with Crippen LogP contribution in [0.1, 0.15) is 24.0 Å². The molecule has 0 aromatic heterocycles. The summed E-state index contributed by atoms with van der Waals surface area (Å²) in [5.41, 5.74) is 8.53.